The minimum Gasteiger partial charge on any atom is -0.468 e. The van der Waals surface area contributed by atoms with Crippen LogP contribution in [0, 0.1) is 28.6 Å². The second-order valence-corrected chi connectivity index (χ2v) is 6.72. The lowest BCUT2D eigenvalue weighted by molar-refractivity contribution is 0.0794. The zero-order valence-electron chi connectivity index (χ0n) is 13.9. The van der Waals surface area contributed by atoms with Crippen LogP contribution in [0.4, 0.5) is 0 Å². The van der Waals surface area contributed by atoms with Crippen LogP contribution in [-0.2, 0) is 15.8 Å². The molecule has 3 heteroatoms. The third kappa shape index (κ3) is 1.51. The van der Waals surface area contributed by atoms with Gasteiger partial charge in [0.05, 0.1) is 12.0 Å². The number of hydrogen-bond acceptors (Lipinski definition) is 3. The summed E-state index contributed by atoms with van der Waals surface area (Å²) in [5.41, 5.74) is 1.03. The lowest BCUT2D eigenvalue weighted by Crippen LogP contribution is -2.41. The Labute approximate surface area is 151 Å². The van der Waals surface area contributed by atoms with Gasteiger partial charge in [-0.1, -0.05) is 72.8 Å². The number of benzene rings is 2. The van der Waals surface area contributed by atoms with Gasteiger partial charge in [0, 0.05) is 11.1 Å². The SMILES string of the molecule is N#CC12OC3=CC=CC=CC3C(C#N)(c3ccccc31)c1ccccc12. The molecule has 2 bridgehead atoms. The summed E-state index contributed by atoms with van der Waals surface area (Å²) < 4.78 is 6.45. The number of nitriles is 2. The predicted octanol–water partition coefficient (Wildman–Crippen LogP) is 4.23. The van der Waals surface area contributed by atoms with Crippen LogP contribution in [-0.4, -0.2) is 0 Å². The van der Waals surface area contributed by atoms with Crippen LogP contribution >= 0.6 is 0 Å². The molecule has 3 nitrogen and oxygen atoms in total. The van der Waals surface area contributed by atoms with Crippen molar-refractivity contribution in [2.24, 2.45) is 5.92 Å². The summed E-state index contributed by atoms with van der Waals surface area (Å²) in [6.07, 6.45) is 9.63. The lowest BCUT2D eigenvalue weighted by atomic mass is 9.58. The molecule has 2 aromatic rings. The van der Waals surface area contributed by atoms with Gasteiger partial charge in [-0.05, 0) is 17.2 Å². The fourth-order valence-electron chi connectivity index (χ4n) is 4.56. The van der Waals surface area contributed by atoms with Crippen LogP contribution in [0.2, 0.25) is 0 Å². The average Bonchev–Trinajstić information content (AvgIpc) is 3.02. The Morgan fingerprint density at radius 3 is 1.96 bits per heavy atom. The Hall–Kier alpha value is -3.56. The molecular weight excluding hydrogens is 320 g/mol. The molecule has 2 aliphatic carbocycles. The molecule has 4 aliphatic rings. The number of hydrogen-bond donors (Lipinski definition) is 0. The van der Waals surface area contributed by atoms with Gasteiger partial charge in [-0.2, -0.15) is 10.5 Å². The number of ether oxygens (including phenoxy) is 1. The van der Waals surface area contributed by atoms with Gasteiger partial charge in [0.1, 0.15) is 17.2 Å². The molecule has 2 heterocycles. The smallest absolute Gasteiger partial charge is 0.245 e. The fourth-order valence-corrected chi connectivity index (χ4v) is 4.56. The third-order valence-electron chi connectivity index (χ3n) is 5.63. The summed E-state index contributed by atoms with van der Waals surface area (Å²) in [4.78, 5) is 0. The van der Waals surface area contributed by atoms with Crippen molar-refractivity contribution in [1.82, 2.24) is 0 Å². The molecule has 0 aromatic heterocycles. The first-order chi connectivity index (χ1) is 12.8. The molecule has 2 aliphatic heterocycles. The van der Waals surface area contributed by atoms with Crippen molar-refractivity contribution >= 4 is 0 Å². The molecule has 0 fully saturated rings. The van der Waals surface area contributed by atoms with E-state index in [1.165, 1.54) is 0 Å². The summed E-state index contributed by atoms with van der Waals surface area (Å²) in [6.45, 7) is 0. The summed E-state index contributed by atoms with van der Waals surface area (Å²) in [6, 6.07) is 20.4. The predicted molar refractivity (Wildman–Crippen MR) is 96.6 cm³/mol. The maximum absolute atomic E-state index is 10.5. The molecule has 1 atom stereocenters. The van der Waals surface area contributed by atoms with E-state index in [9.17, 15) is 10.5 Å². The Kier molecular flexibility index (Phi) is 2.82. The highest BCUT2D eigenvalue weighted by Gasteiger charge is 2.60. The normalized spacial score (nSPS) is 29.6. The van der Waals surface area contributed by atoms with Gasteiger partial charge < -0.3 is 4.74 Å². The van der Waals surface area contributed by atoms with E-state index in [2.05, 4.69) is 12.1 Å². The van der Waals surface area contributed by atoms with E-state index in [1.54, 1.807) is 0 Å². The van der Waals surface area contributed by atoms with Crippen LogP contribution in [0.3, 0.4) is 0 Å². The van der Waals surface area contributed by atoms with Gasteiger partial charge >= 0.3 is 0 Å². The van der Waals surface area contributed by atoms with Gasteiger partial charge in [-0.25, -0.2) is 0 Å². The highest BCUT2D eigenvalue weighted by Crippen LogP contribution is 2.59. The van der Waals surface area contributed by atoms with Crippen LogP contribution in [0.25, 0.3) is 0 Å². The summed E-state index contributed by atoms with van der Waals surface area (Å²) in [7, 11) is 0. The standard InChI is InChI=1S/C23H14N2O/c24-14-22-16-8-4-6-10-18(16)23(15-25,19-11-7-5-9-17(19)22)26-21-13-3-1-2-12-20(21)22/h1-13,20H. The first kappa shape index (κ1) is 14.8. The van der Waals surface area contributed by atoms with Crippen molar-refractivity contribution in [3.63, 3.8) is 0 Å². The first-order valence-electron chi connectivity index (χ1n) is 8.54. The molecule has 2 aromatic carbocycles. The second-order valence-electron chi connectivity index (χ2n) is 6.72. The quantitative estimate of drug-likeness (QED) is 0.724. The van der Waals surface area contributed by atoms with Gasteiger partial charge in [0.15, 0.2) is 0 Å². The van der Waals surface area contributed by atoms with Crippen molar-refractivity contribution in [3.05, 3.63) is 107 Å². The Morgan fingerprint density at radius 1 is 0.769 bits per heavy atom. The van der Waals surface area contributed by atoms with Crippen molar-refractivity contribution in [2.75, 3.05) is 0 Å². The van der Waals surface area contributed by atoms with E-state index in [4.69, 9.17) is 4.74 Å². The highest BCUT2D eigenvalue weighted by molar-refractivity contribution is 5.68. The first-order valence-corrected chi connectivity index (χ1v) is 8.54. The average molecular weight is 334 g/mol. The molecule has 0 spiro atoms. The van der Waals surface area contributed by atoms with Crippen LogP contribution in [0.15, 0.2) is 84.7 Å². The Balaban J connectivity index is 2.03. The number of allylic oxidation sites excluding steroid dienone is 5. The van der Waals surface area contributed by atoms with Gasteiger partial charge in [0.25, 0.3) is 0 Å². The highest BCUT2D eigenvalue weighted by atomic mass is 16.5. The molecule has 0 saturated carbocycles. The molecule has 6 rings (SSSR count). The van der Waals surface area contributed by atoms with E-state index in [-0.39, 0.29) is 5.92 Å². The van der Waals surface area contributed by atoms with E-state index in [1.807, 2.05) is 78.9 Å². The fraction of sp³-hybridized carbons (Fsp3) is 0.130. The maximum atomic E-state index is 10.5. The Morgan fingerprint density at radius 2 is 1.38 bits per heavy atom. The van der Waals surface area contributed by atoms with E-state index < -0.39 is 11.0 Å². The largest absolute Gasteiger partial charge is 0.468 e. The van der Waals surface area contributed by atoms with Gasteiger partial charge in [0.2, 0.25) is 5.60 Å². The van der Waals surface area contributed by atoms with Crippen molar-refractivity contribution in [2.45, 2.75) is 11.0 Å². The third-order valence-corrected chi connectivity index (χ3v) is 5.63. The molecule has 0 amide bonds. The molecule has 0 radical (unpaired) electrons. The second kappa shape index (κ2) is 4.97. The topological polar surface area (TPSA) is 56.8 Å². The van der Waals surface area contributed by atoms with E-state index in [0.29, 0.717) is 5.76 Å². The van der Waals surface area contributed by atoms with Crippen LogP contribution in [0.5, 0.6) is 0 Å². The molecule has 26 heavy (non-hydrogen) atoms. The van der Waals surface area contributed by atoms with Crippen molar-refractivity contribution in [1.29, 1.82) is 10.5 Å². The minimum atomic E-state index is -1.25. The van der Waals surface area contributed by atoms with Crippen LogP contribution in [0.1, 0.15) is 22.3 Å². The lowest BCUT2D eigenvalue weighted by Gasteiger charge is -2.39. The van der Waals surface area contributed by atoms with Crippen LogP contribution < -0.4 is 0 Å². The summed E-state index contributed by atoms with van der Waals surface area (Å²) >= 11 is 0. The van der Waals surface area contributed by atoms with E-state index >= 15 is 0 Å². The van der Waals surface area contributed by atoms with Crippen molar-refractivity contribution < 1.29 is 4.74 Å². The van der Waals surface area contributed by atoms with Gasteiger partial charge in [-0.3, -0.25) is 0 Å². The zero-order valence-corrected chi connectivity index (χ0v) is 13.9. The summed E-state index contributed by atoms with van der Waals surface area (Å²) in [5.74, 6) is 0.341. The monoisotopic (exact) mass is 334 g/mol. The minimum absolute atomic E-state index is 0.303. The molecule has 0 N–H and O–H groups in total. The summed E-state index contributed by atoms with van der Waals surface area (Å²) in [5, 5.41) is 20.8. The molecule has 122 valence electrons. The van der Waals surface area contributed by atoms with Crippen molar-refractivity contribution in [3.8, 4) is 12.1 Å². The molecular formula is C23H14N2O. The Bertz CT molecular complexity index is 1060. The number of rotatable bonds is 0. The number of nitrogens with zero attached hydrogens (tertiary/aromatic N) is 2. The molecule has 1 unspecified atom stereocenters. The maximum Gasteiger partial charge on any atom is 0.245 e. The molecule has 0 saturated heterocycles. The van der Waals surface area contributed by atoms with Gasteiger partial charge in [-0.15, -0.1) is 0 Å². The zero-order chi connectivity index (χ0) is 17.8. The van der Waals surface area contributed by atoms with E-state index in [0.717, 1.165) is 22.3 Å².